The summed E-state index contributed by atoms with van der Waals surface area (Å²) >= 11 is 0. The van der Waals surface area contributed by atoms with Crippen LogP contribution in [0.2, 0.25) is 0 Å². The SMILES string of the molecule is CO.CO.CO.CO.OCCCCCCCCCCO.[CH3-].[CH3-].[Ti].[Ti]. The topological polar surface area (TPSA) is 121 Å². The van der Waals surface area contributed by atoms with Crippen LogP contribution in [0.15, 0.2) is 0 Å². The largest absolute Gasteiger partial charge is 0.400 e. The van der Waals surface area contributed by atoms with E-state index in [9.17, 15) is 0 Å². The van der Waals surface area contributed by atoms with Crippen molar-refractivity contribution in [1.29, 1.82) is 0 Å². The van der Waals surface area contributed by atoms with Crippen LogP contribution in [-0.2, 0) is 43.4 Å². The van der Waals surface area contributed by atoms with Crippen molar-refractivity contribution in [3.63, 3.8) is 0 Å². The molecule has 0 radical (unpaired) electrons. The molecule has 0 aromatic rings. The Labute approximate surface area is 181 Å². The van der Waals surface area contributed by atoms with Crippen LogP contribution in [0, 0.1) is 14.9 Å². The molecule has 0 fully saturated rings. The van der Waals surface area contributed by atoms with Crippen LogP contribution in [0.25, 0.3) is 0 Å². The molecule has 24 heavy (non-hydrogen) atoms. The molecule has 0 heterocycles. The zero-order valence-corrected chi connectivity index (χ0v) is 19.9. The molecule has 0 aromatic heterocycles. The maximum absolute atomic E-state index is 8.51. The Hall–Kier alpha value is 1.19. The van der Waals surface area contributed by atoms with E-state index in [0.717, 1.165) is 54.1 Å². The Morgan fingerprint density at radius 1 is 0.375 bits per heavy atom. The second-order valence-corrected chi connectivity index (χ2v) is 3.28. The third kappa shape index (κ3) is 110. The van der Waals surface area contributed by atoms with Gasteiger partial charge < -0.3 is 45.5 Å². The van der Waals surface area contributed by atoms with E-state index < -0.39 is 0 Å². The van der Waals surface area contributed by atoms with Gasteiger partial charge in [-0.05, 0) is 12.8 Å². The second-order valence-electron chi connectivity index (χ2n) is 3.28. The van der Waals surface area contributed by atoms with E-state index >= 15 is 0 Å². The summed E-state index contributed by atoms with van der Waals surface area (Å²) in [6, 6.07) is 0. The molecule has 0 saturated carbocycles. The zero-order chi connectivity index (χ0) is 17.1. The Balaban J connectivity index is -0.0000000235. The molecule has 8 heteroatoms. The first kappa shape index (κ1) is 56.2. The summed E-state index contributed by atoms with van der Waals surface area (Å²) in [4.78, 5) is 0. The normalized spacial score (nSPS) is 6.25. The van der Waals surface area contributed by atoms with Crippen molar-refractivity contribution in [3.8, 4) is 0 Å². The monoisotopic (exact) mass is 428 g/mol. The quantitative estimate of drug-likeness (QED) is 0.188. The predicted molar refractivity (Wildman–Crippen MR) is 96.5 cm³/mol. The van der Waals surface area contributed by atoms with Gasteiger partial charge in [0, 0.05) is 85.1 Å². The van der Waals surface area contributed by atoms with Crippen LogP contribution in [0.3, 0.4) is 0 Å². The van der Waals surface area contributed by atoms with Gasteiger partial charge in [0.15, 0.2) is 0 Å². The van der Waals surface area contributed by atoms with E-state index in [2.05, 4.69) is 0 Å². The smallest absolute Gasteiger partial charge is 0.0431 e. The average Bonchev–Trinajstić information content (AvgIpc) is 2.57. The molecule has 0 saturated heterocycles. The van der Waals surface area contributed by atoms with Crippen LogP contribution >= 0.6 is 0 Å². The summed E-state index contributed by atoms with van der Waals surface area (Å²) < 4.78 is 0. The molecule has 154 valence electrons. The van der Waals surface area contributed by atoms with Crippen LogP contribution in [-0.4, -0.2) is 72.3 Å². The first-order chi connectivity index (χ1) is 9.91. The first-order valence-electron chi connectivity index (χ1n) is 6.92. The van der Waals surface area contributed by atoms with Gasteiger partial charge in [0.25, 0.3) is 0 Å². The Morgan fingerprint density at radius 2 is 0.500 bits per heavy atom. The van der Waals surface area contributed by atoms with Crippen molar-refractivity contribution < 1.29 is 74.1 Å². The van der Waals surface area contributed by atoms with Crippen LogP contribution in [0.1, 0.15) is 51.4 Å². The Bertz CT molecular complexity index is 85.0. The van der Waals surface area contributed by atoms with Gasteiger partial charge in [-0.3, -0.25) is 0 Å². The van der Waals surface area contributed by atoms with E-state index in [1.807, 2.05) is 0 Å². The number of hydrogen-bond donors (Lipinski definition) is 6. The van der Waals surface area contributed by atoms with Gasteiger partial charge in [-0.15, -0.1) is 0 Å². The van der Waals surface area contributed by atoms with Gasteiger partial charge in [0.05, 0.1) is 0 Å². The second kappa shape index (κ2) is 104. The van der Waals surface area contributed by atoms with Crippen molar-refractivity contribution in [3.05, 3.63) is 14.9 Å². The molecule has 0 rings (SSSR count). The summed E-state index contributed by atoms with van der Waals surface area (Å²) in [6.45, 7) is 0.676. The third-order valence-corrected chi connectivity index (χ3v) is 2.07. The molecule has 0 spiro atoms. The summed E-state index contributed by atoms with van der Waals surface area (Å²) in [6.07, 6.45) is 9.30. The van der Waals surface area contributed by atoms with Crippen molar-refractivity contribution in [2.45, 2.75) is 51.4 Å². The molecular formula is C16H44O6Ti2-2. The first-order valence-corrected chi connectivity index (χ1v) is 6.92. The van der Waals surface area contributed by atoms with E-state index in [4.69, 9.17) is 30.6 Å². The summed E-state index contributed by atoms with van der Waals surface area (Å²) in [7, 11) is 4.00. The van der Waals surface area contributed by atoms with Gasteiger partial charge in [0.2, 0.25) is 0 Å². The van der Waals surface area contributed by atoms with Crippen molar-refractivity contribution in [2.75, 3.05) is 41.7 Å². The molecule has 0 aliphatic heterocycles. The summed E-state index contributed by atoms with van der Waals surface area (Å²) in [5.74, 6) is 0. The fraction of sp³-hybridized carbons (Fsp3) is 0.875. The van der Waals surface area contributed by atoms with Crippen LogP contribution in [0.5, 0.6) is 0 Å². The van der Waals surface area contributed by atoms with Crippen molar-refractivity contribution in [2.24, 2.45) is 0 Å². The maximum Gasteiger partial charge on any atom is 0.0431 e. The fourth-order valence-electron chi connectivity index (χ4n) is 1.28. The van der Waals surface area contributed by atoms with Gasteiger partial charge in [-0.25, -0.2) is 0 Å². The minimum atomic E-state index is 0. The molecule has 6 nitrogen and oxygen atoms in total. The molecular weight excluding hydrogens is 384 g/mol. The molecule has 0 unspecified atom stereocenters. The number of unbranched alkanes of at least 4 members (excludes halogenated alkanes) is 7. The number of rotatable bonds is 9. The van der Waals surface area contributed by atoms with Gasteiger partial charge in [-0.2, -0.15) is 0 Å². The number of hydrogen-bond acceptors (Lipinski definition) is 6. The molecule has 0 amide bonds. The molecule has 6 N–H and O–H groups in total. The van der Waals surface area contributed by atoms with E-state index in [-0.39, 0.29) is 58.3 Å². The molecule has 0 aliphatic carbocycles. The van der Waals surface area contributed by atoms with E-state index in [0.29, 0.717) is 13.2 Å². The molecule has 0 aliphatic rings. The van der Waals surface area contributed by atoms with E-state index in [1.165, 1.54) is 25.7 Å². The predicted octanol–water partition coefficient (Wildman–Crippen LogP) is 1.42. The Morgan fingerprint density at radius 3 is 0.625 bits per heavy atom. The van der Waals surface area contributed by atoms with Gasteiger partial charge in [0.1, 0.15) is 0 Å². The minimum absolute atomic E-state index is 0. The summed E-state index contributed by atoms with van der Waals surface area (Å²) in [5.41, 5.74) is 0. The maximum atomic E-state index is 8.51. The number of aliphatic hydroxyl groups excluding tert-OH is 6. The van der Waals surface area contributed by atoms with Crippen molar-refractivity contribution in [1.82, 2.24) is 0 Å². The Kier molecular flexibility index (Phi) is 243. The molecule has 0 aromatic carbocycles. The minimum Gasteiger partial charge on any atom is -0.400 e. The van der Waals surface area contributed by atoms with Crippen molar-refractivity contribution >= 4 is 0 Å². The third-order valence-electron chi connectivity index (χ3n) is 2.07. The number of aliphatic hydroxyl groups is 6. The van der Waals surface area contributed by atoms with E-state index in [1.54, 1.807) is 0 Å². The standard InChI is InChI=1S/C10H22O2.4CH4O.2CH3.2Ti/c11-9-7-5-3-1-2-4-6-8-10-12;4*1-2;;;;/h11-12H,1-10H2;4*2H,1H3;2*1H3;;/q;;;;;2*-1;;. The average molecular weight is 428 g/mol. The molecule has 0 bridgehead atoms. The zero-order valence-electron chi connectivity index (χ0n) is 16.8. The molecule has 0 atom stereocenters. The fourth-order valence-corrected chi connectivity index (χ4v) is 1.28. The van der Waals surface area contributed by atoms with Gasteiger partial charge in [-0.1, -0.05) is 38.5 Å². The van der Waals surface area contributed by atoms with Crippen LogP contribution < -0.4 is 0 Å². The van der Waals surface area contributed by atoms with Gasteiger partial charge >= 0.3 is 0 Å². The summed E-state index contributed by atoms with van der Waals surface area (Å²) in [5, 5.41) is 45.0. The van der Waals surface area contributed by atoms with Crippen LogP contribution in [0.4, 0.5) is 0 Å².